The summed E-state index contributed by atoms with van der Waals surface area (Å²) < 4.78 is 7.31. The molecule has 0 saturated heterocycles. The molecule has 0 atom stereocenters. The molecule has 6 rings (SSSR count). The lowest BCUT2D eigenvalue weighted by atomic mass is 9.69. The number of benzene rings is 2. The Morgan fingerprint density at radius 3 is 2.47 bits per heavy atom. The third-order valence-corrected chi connectivity index (χ3v) is 9.20. The summed E-state index contributed by atoms with van der Waals surface area (Å²) in [5.41, 5.74) is 7.39. The second-order valence-electron chi connectivity index (χ2n) is 13.3. The highest BCUT2D eigenvalue weighted by atomic mass is 32.1. The van der Waals surface area contributed by atoms with Crippen LogP contribution in [0.3, 0.4) is 0 Å². The molecule has 4 heterocycles. The van der Waals surface area contributed by atoms with Gasteiger partial charge in [-0.15, -0.1) is 11.3 Å². The first-order valence-electron chi connectivity index (χ1n) is 13.1. The van der Waals surface area contributed by atoms with Crippen LogP contribution in [0, 0.1) is 5.41 Å². The first-order valence-corrected chi connectivity index (χ1v) is 13.9. The molecule has 2 aliphatic heterocycles. The molecule has 36 heavy (non-hydrogen) atoms. The summed E-state index contributed by atoms with van der Waals surface area (Å²) in [6, 6.07) is 10.8. The molecule has 4 aromatic rings. The van der Waals surface area contributed by atoms with Gasteiger partial charge in [0.05, 0.1) is 15.8 Å². The molecule has 0 spiro atoms. The smallest absolute Gasteiger partial charge is 0.346 e. The molecule has 4 nitrogen and oxygen atoms in total. The van der Waals surface area contributed by atoms with Crippen molar-refractivity contribution in [1.82, 2.24) is 4.98 Å². The zero-order chi connectivity index (χ0) is 25.6. The van der Waals surface area contributed by atoms with Crippen LogP contribution < -0.4 is 10.5 Å². The predicted molar refractivity (Wildman–Crippen MR) is 152 cm³/mol. The van der Waals surface area contributed by atoms with Crippen molar-refractivity contribution >= 4 is 38.2 Å². The van der Waals surface area contributed by atoms with E-state index in [0.717, 1.165) is 58.5 Å². The molecule has 0 N–H and O–H groups in total. The van der Waals surface area contributed by atoms with E-state index in [1.807, 2.05) is 6.07 Å². The molecule has 0 saturated carbocycles. The second-order valence-corrected chi connectivity index (χ2v) is 14.4. The van der Waals surface area contributed by atoms with Crippen LogP contribution in [0.2, 0.25) is 0 Å². The highest BCUT2D eigenvalue weighted by Gasteiger charge is 2.42. The summed E-state index contributed by atoms with van der Waals surface area (Å²) in [6.45, 7) is 18.1. The normalized spacial score (nSPS) is 18.6. The summed E-state index contributed by atoms with van der Waals surface area (Å²) in [7, 11) is 0. The van der Waals surface area contributed by atoms with Gasteiger partial charge in [-0.3, -0.25) is 0 Å². The number of fused-ring (bicyclic) bond motifs is 3. The number of thiazole rings is 1. The van der Waals surface area contributed by atoms with Crippen LogP contribution >= 0.6 is 11.3 Å². The Kier molecular flexibility index (Phi) is 5.06. The van der Waals surface area contributed by atoms with E-state index in [-0.39, 0.29) is 21.9 Å². The largest absolute Gasteiger partial charge is 0.422 e. The van der Waals surface area contributed by atoms with E-state index in [1.165, 1.54) is 22.4 Å². The molecule has 0 radical (unpaired) electrons. The van der Waals surface area contributed by atoms with Crippen molar-refractivity contribution in [2.24, 2.45) is 5.41 Å². The first kappa shape index (κ1) is 23.7. The fourth-order valence-electron chi connectivity index (χ4n) is 6.11. The fraction of sp³-hybridized carbons (Fsp3) is 0.484. The number of hydrogen-bond donors (Lipinski definition) is 0. The van der Waals surface area contributed by atoms with E-state index in [1.54, 1.807) is 11.3 Å². The van der Waals surface area contributed by atoms with Crippen molar-refractivity contribution in [3.05, 3.63) is 57.4 Å². The zero-order valence-corrected chi connectivity index (χ0v) is 23.4. The van der Waals surface area contributed by atoms with E-state index >= 15 is 0 Å². The van der Waals surface area contributed by atoms with Crippen molar-refractivity contribution in [3.63, 3.8) is 0 Å². The molecular weight excluding hydrogens is 464 g/mol. The van der Waals surface area contributed by atoms with Crippen molar-refractivity contribution < 1.29 is 4.42 Å². The average Bonchev–Trinajstić information content (AvgIpc) is 3.18. The predicted octanol–water partition coefficient (Wildman–Crippen LogP) is 7.83. The third kappa shape index (κ3) is 3.78. The van der Waals surface area contributed by atoms with E-state index < -0.39 is 0 Å². The van der Waals surface area contributed by atoms with Gasteiger partial charge in [-0.25, -0.2) is 9.78 Å². The Morgan fingerprint density at radius 2 is 1.75 bits per heavy atom. The number of aromatic nitrogens is 1. The van der Waals surface area contributed by atoms with Crippen LogP contribution in [0.5, 0.6) is 0 Å². The van der Waals surface area contributed by atoms with Crippen LogP contribution in [0.15, 0.2) is 39.5 Å². The lowest BCUT2D eigenvalue weighted by Gasteiger charge is -2.48. The van der Waals surface area contributed by atoms with Gasteiger partial charge in [-0.2, -0.15) is 0 Å². The highest BCUT2D eigenvalue weighted by Crippen LogP contribution is 2.51. The molecule has 0 aliphatic carbocycles. The van der Waals surface area contributed by atoms with Crippen LogP contribution in [-0.4, -0.2) is 18.1 Å². The molecular formula is C31H36N2O2S. The topological polar surface area (TPSA) is 46.3 Å². The number of nitrogens with zero attached hydrogens (tertiary/aromatic N) is 2. The van der Waals surface area contributed by atoms with E-state index in [4.69, 9.17) is 9.40 Å². The van der Waals surface area contributed by atoms with Crippen molar-refractivity contribution in [2.45, 2.75) is 78.6 Å². The molecule has 2 aliphatic rings. The maximum absolute atomic E-state index is 13.4. The van der Waals surface area contributed by atoms with Gasteiger partial charge >= 0.3 is 5.63 Å². The summed E-state index contributed by atoms with van der Waals surface area (Å²) in [6.07, 6.45) is 3.19. The van der Waals surface area contributed by atoms with Crippen LogP contribution in [0.4, 0.5) is 5.69 Å². The van der Waals surface area contributed by atoms with Gasteiger partial charge < -0.3 is 9.32 Å². The van der Waals surface area contributed by atoms with Crippen LogP contribution in [-0.2, 0) is 17.3 Å². The Balaban J connectivity index is 1.55. The van der Waals surface area contributed by atoms with Gasteiger partial charge in [0, 0.05) is 29.7 Å². The molecule has 0 amide bonds. The Hall–Kier alpha value is -2.66. The Bertz CT molecular complexity index is 1580. The Morgan fingerprint density at radius 1 is 1.03 bits per heavy atom. The molecule has 0 fully saturated rings. The van der Waals surface area contributed by atoms with Gasteiger partial charge in [0.1, 0.15) is 10.6 Å². The van der Waals surface area contributed by atoms with Crippen LogP contribution in [0.25, 0.3) is 31.8 Å². The summed E-state index contributed by atoms with van der Waals surface area (Å²) in [5.74, 6) is 0. The Labute approximate surface area is 217 Å². The molecule has 5 heteroatoms. The van der Waals surface area contributed by atoms with E-state index in [2.05, 4.69) is 77.6 Å². The van der Waals surface area contributed by atoms with Crippen molar-refractivity contribution in [1.29, 1.82) is 0 Å². The number of anilines is 1. The number of rotatable bonds is 2. The minimum atomic E-state index is -0.296. The minimum Gasteiger partial charge on any atom is -0.422 e. The van der Waals surface area contributed by atoms with Crippen LogP contribution in [0.1, 0.15) is 78.0 Å². The summed E-state index contributed by atoms with van der Waals surface area (Å²) >= 11 is 1.58. The van der Waals surface area contributed by atoms with Gasteiger partial charge in [0.15, 0.2) is 0 Å². The molecule has 2 aromatic heterocycles. The number of hydrogen-bond acceptors (Lipinski definition) is 5. The minimum absolute atomic E-state index is 0.0513. The first-order chi connectivity index (χ1) is 16.8. The lowest BCUT2D eigenvalue weighted by molar-refractivity contribution is 0.398. The second kappa shape index (κ2) is 7.67. The summed E-state index contributed by atoms with van der Waals surface area (Å²) in [5, 5.41) is 1.75. The molecule has 2 aromatic carbocycles. The summed E-state index contributed by atoms with van der Waals surface area (Å²) in [4.78, 5) is 20.8. The maximum atomic E-state index is 13.4. The highest BCUT2D eigenvalue weighted by molar-refractivity contribution is 7.21. The average molecular weight is 501 g/mol. The molecule has 188 valence electrons. The van der Waals surface area contributed by atoms with Crippen molar-refractivity contribution in [2.75, 3.05) is 18.0 Å². The van der Waals surface area contributed by atoms with Crippen molar-refractivity contribution in [3.8, 4) is 10.6 Å². The van der Waals surface area contributed by atoms with Gasteiger partial charge in [-0.05, 0) is 70.9 Å². The lowest BCUT2D eigenvalue weighted by Crippen LogP contribution is -2.44. The van der Waals surface area contributed by atoms with Gasteiger partial charge in [0.25, 0.3) is 0 Å². The standard InChI is InChI=1S/C31H36N2O2S/c1-29(2,3)17-18-8-9-22-23(14-18)36-27(32-22)20-15-19-16-21-25-24(26(19)35-28(20)34)31(6,7)11-13-33(25)12-10-30(21,4)5/h8-9,14-16H,10-13,17H2,1-7H3. The quantitative estimate of drug-likeness (QED) is 0.263. The zero-order valence-electron chi connectivity index (χ0n) is 22.5. The van der Waals surface area contributed by atoms with Gasteiger partial charge in [-0.1, -0.05) is 54.5 Å². The fourth-order valence-corrected chi connectivity index (χ4v) is 7.14. The SMILES string of the molecule is CC(C)(C)Cc1ccc2nc(-c3cc4cc5c6c(c4oc3=O)C(C)(C)CCN6CCC5(C)C)sc2c1. The van der Waals surface area contributed by atoms with E-state index in [9.17, 15) is 4.79 Å². The van der Waals surface area contributed by atoms with E-state index in [0.29, 0.717) is 5.56 Å². The van der Waals surface area contributed by atoms with Gasteiger partial charge in [0.2, 0.25) is 0 Å². The molecule has 0 unspecified atom stereocenters. The maximum Gasteiger partial charge on any atom is 0.346 e. The monoisotopic (exact) mass is 500 g/mol. The third-order valence-electron chi connectivity index (χ3n) is 8.15. The molecule has 0 bridgehead atoms.